The molecule has 1 aliphatic rings. The van der Waals surface area contributed by atoms with Crippen molar-refractivity contribution in [1.29, 1.82) is 0 Å². The van der Waals surface area contributed by atoms with Crippen LogP contribution in [0.1, 0.15) is 37.6 Å². The Hall–Kier alpha value is -3.41. The highest BCUT2D eigenvalue weighted by Crippen LogP contribution is 2.44. The molecule has 5 rings (SSSR count). The number of fused-ring (bicyclic) bond motifs is 2. The van der Waals surface area contributed by atoms with Gasteiger partial charge in [-0.1, -0.05) is 6.07 Å². The van der Waals surface area contributed by atoms with Gasteiger partial charge in [-0.25, -0.2) is 14.3 Å². The number of nitrogens with zero attached hydrogens (tertiary/aromatic N) is 5. The van der Waals surface area contributed by atoms with Crippen LogP contribution in [0.4, 0.5) is 10.6 Å². The minimum Gasteiger partial charge on any atom is -0.495 e. The maximum absolute atomic E-state index is 12.5. The highest BCUT2D eigenvalue weighted by molar-refractivity contribution is 7.22. The lowest BCUT2D eigenvalue weighted by Gasteiger charge is -2.35. The second-order valence-corrected chi connectivity index (χ2v) is 11.7. The predicted octanol–water partition coefficient (Wildman–Crippen LogP) is 4.06. The number of amides is 1. The van der Waals surface area contributed by atoms with Crippen LogP contribution in [0.25, 0.3) is 26.0 Å². The van der Waals surface area contributed by atoms with Crippen LogP contribution in [0.3, 0.4) is 0 Å². The van der Waals surface area contributed by atoms with Crippen molar-refractivity contribution in [3.63, 3.8) is 0 Å². The third-order valence-corrected chi connectivity index (χ3v) is 7.89. The molecule has 0 aliphatic carbocycles. The summed E-state index contributed by atoms with van der Waals surface area (Å²) in [6.07, 6.45) is 1.15. The number of aryl methyl sites for hydroxylation is 1. The molecule has 38 heavy (non-hydrogen) atoms. The van der Waals surface area contributed by atoms with Crippen molar-refractivity contribution >= 4 is 38.9 Å². The first-order valence-corrected chi connectivity index (χ1v) is 13.4. The quantitative estimate of drug-likeness (QED) is 0.391. The Labute approximate surface area is 225 Å². The van der Waals surface area contributed by atoms with Gasteiger partial charge in [-0.15, -0.1) is 11.3 Å². The van der Waals surface area contributed by atoms with E-state index >= 15 is 0 Å². The minimum absolute atomic E-state index is 0.171. The maximum atomic E-state index is 12.5. The van der Waals surface area contributed by atoms with E-state index in [1.54, 1.807) is 27.9 Å². The fourth-order valence-electron chi connectivity index (χ4n) is 4.98. The molecule has 11 heteroatoms. The van der Waals surface area contributed by atoms with Gasteiger partial charge in [0.05, 0.1) is 24.1 Å². The Morgan fingerprint density at radius 2 is 1.92 bits per heavy atom. The minimum atomic E-state index is -0.527. The number of methoxy groups -OCH3 is 1. The summed E-state index contributed by atoms with van der Waals surface area (Å²) in [6.45, 7) is 10.5. The van der Waals surface area contributed by atoms with Gasteiger partial charge in [-0.3, -0.25) is 4.90 Å². The number of aliphatic hydroxyl groups excluding tert-OH is 1. The zero-order valence-electron chi connectivity index (χ0n) is 22.4. The zero-order valence-corrected chi connectivity index (χ0v) is 23.3. The largest absolute Gasteiger partial charge is 0.495 e. The third-order valence-electron chi connectivity index (χ3n) is 6.71. The van der Waals surface area contributed by atoms with Gasteiger partial charge in [0, 0.05) is 48.7 Å². The average molecular weight is 539 g/mol. The van der Waals surface area contributed by atoms with Gasteiger partial charge in [0.25, 0.3) is 0 Å². The molecule has 3 aromatic heterocycles. The Kier molecular flexibility index (Phi) is 6.93. The molecule has 0 atom stereocenters. The fraction of sp³-hybridized carbons (Fsp3) is 0.444. The van der Waals surface area contributed by atoms with Crippen molar-refractivity contribution < 1.29 is 19.4 Å². The summed E-state index contributed by atoms with van der Waals surface area (Å²) in [5.74, 6) is 1.17. The number of piperazine rings is 1. The van der Waals surface area contributed by atoms with E-state index in [9.17, 15) is 9.90 Å². The SMILES string of the molecule is COc1cc(C)cc2cc(-c3c(CO)c(CN4CCN(C(=O)OC(C)(C)C)CC4)n4ncnc(N)c34)sc12. The normalized spacial score (nSPS) is 14.9. The van der Waals surface area contributed by atoms with Gasteiger partial charge in [0.1, 0.15) is 23.2 Å². The van der Waals surface area contributed by atoms with E-state index in [1.165, 1.54) is 6.33 Å². The first kappa shape index (κ1) is 26.2. The summed E-state index contributed by atoms with van der Waals surface area (Å²) in [4.78, 5) is 21.7. The van der Waals surface area contributed by atoms with Crippen LogP contribution < -0.4 is 10.5 Å². The number of nitrogen functional groups attached to an aromatic ring is 1. The van der Waals surface area contributed by atoms with Crippen LogP contribution in [0.5, 0.6) is 5.75 Å². The second-order valence-electron chi connectivity index (χ2n) is 10.6. The Balaban J connectivity index is 1.51. The summed E-state index contributed by atoms with van der Waals surface area (Å²) < 4.78 is 14.0. The zero-order chi connectivity index (χ0) is 27.2. The summed E-state index contributed by atoms with van der Waals surface area (Å²) in [5, 5.41) is 16.2. The van der Waals surface area contributed by atoms with E-state index < -0.39 is 5.60 Å². The number of rotatable bonds is 5. The molecular formula is C27H34N6O4S. The summed E-state index contributed by atoms with van der Waals surface area (Å²) >= 11 is 1.60. The molecule has 10 nitrogen and oxygen atoms in total. The molecular weight excluding hydrogens is 504 g/mol. The molecule has 1 fully saturated rings. The molecule has 1 saturated heterocycles. The van der Waals surface area contributed by atoms with Crippen LogP contribution in [-0.2, 0) is 17.9 Å². The molecule has 1 aliphatic heterocycles. The Morgan fingerprint density at radius 3 is 2.58 bits per heavy atom. The number of hydrogen-bond acceptors (Lipinski definition) is 9. The van der Waals surface area contributed by atoms with E-state index in [0.717, 1.165) is 43.1 Å². The van der Waals surface area contributed by atoms with Crippen molar-refractivity contribution in [3.05, 3.63) is 41.3 Å². The lowest BCUT2D eigenvalue weighted by molar-refractivity contribution is 0.0137. The molecule has 202 valence electrons. The van der Waals surface area contributed by atoms with Crippen LogP contribution in [-0.4, -0.2) is 74.5 Å². The van der Waals surface area contributed by atoms with Crippen molar-refractivity contribution in [2.45, 2.75) is 46.4 Å². The number of hydrogen-bond donors (Lipinski definition) is 2. The van der Waals surface area contributed by atoms with Crippen LogP contribution in [0, 0.1) is 6.92 Å². The number of aliphatic hydroxyl groups is 1. The van der Waals surface area contributed by atoms with E-state index in [0.29, 0.717) is 44.1 Å². The highest BCUT2D eigenvalue weighted by Gasteiger charge is 2.29. The van der Waals surface area contributed by atoms with E-state index in [4.69, 9.17) is 15.2 Å². The molecule has 1 aromatic carbocycles. The van der Waals surface area contributed by atoms with Crippen molar-refractivity contribution in [2.75, 3.05) is 39.0 Å². The molecule has 0 spiro atoms. The summed E-state index contributed by atoms with van der Waals surface area (Å²) in [6, 6.07) is 6.26. The fourth-order valence-corrected chi connectivity index (χ4v) is 6.19. The first-order chi connectivity index (χ1) is 18.1. The van der Waals surface area contributed by atoms with E-state index in [2.05, 4.69) is 27.1 Å². The Morgan fingerprint density at radius 1 is 1.18 bits per heavy atom. The van der Waals surface area contributed by atoms with Gasteiger partial charge < -0.3 is 25.2 Å². The number of carbonyl (C=O) groups excluding carboxylic acids is 1. The number of thiophene rings is 1. The lowest BCUT2D eigenvalue weighted by Crippen LogP contribution is -2.49. The predicted molar refractivity (Wildman–Crippen MR) is 149 cm³/mol. The molecule has 4 heterocycles. The van der Waals surface area contributed by atoms with Gasteiger partial charge in [0.15, 0.2) is 5.82 Å². The number of aromatic nitrogens is 3. The van der Waals surface area contributed by atoms with Gasteiger partial charge in [0.2, 0.25) is 0 Å². The van der Waals surface area contributed by atoms with Crippen molar-refractivity contribution in [1.82, 2.24) is 24.4 Å². The van der Waals surface area contributed by atoms with E-state index in [-0.39, 0.29) is 12.7 Å². The molecule has 0 bridgehead atoms. The van der Waals surface area contributed by atoms with E-state index in [1.807, 2.05) is 33.8 Å². The molecule has 0 saturated carbocycles. The summed E-state index contributed by atoms with van der Waals surface area (Å²) in [7, 11) is 1.67. The van der Waals surface area contributed by atoms with Crippen LogP contribution in [0.2, 0.25) is 0 Å². The Bertz CT molecular complexity index is 1500. The number of ether oxygens (including phenoxy) is 2. The smallest absolute Gasteiger partial charge is 0.410 e. The van der Waals surface area contributed by atoms with Gasteiger partial charge in [-0.2, -0.15) is 5.10 Å². The molecule has 0 unspecified atom stereocenters. The lowest BCUT2D eigenvalue weighted by atomic mass is 10.1. The molecule has 4 aromatic rings. The third kappa shape index (κ3) is 4.89. The standard InChI is InChI=1S/C27H34N6O4S/c1-16-10-17-12-21(38-24(17)20(11-16)36-5)22-18(14-34)19(33-23(22)25(28)29-15-30-33)13-31-6-8-32(9-7-31)26(35)37-27(2,3)4/h10-12,15,34H,6-9,13-14H2,1-5H3,(H2,28,29,30). The van der Waals surface area contributed by atoms with Gasteiger partial charge in [-0.05, 0) is 50.8 Å². The van der Waals surface area contributed by atoms with Crippen molar-refractivity contribution in [2.24, 2.45) is 0 Å². The molecule has 0 radical (unpaired) electrons. The first-order valence-electron chi connectivity index (χ1n) is 12.6. The second kappa shape index (κ2) is 10.0. The summed E-state index contributed by atoms with van der Waals surface area (Å²) in [5.41, 5.74) is 10.1. The molecule has 3 N–H and O–H groups in total. The monoisotopic (exact) mass is 538 g/mol. The number of benzene rings is 1. The van der Waals surface area contributed by atoms with Crippen LogP contribution >= 0.6 is 11.3 Å². The topological polar surface area (TPSA) is 118 Å². The van der Waals surface area contributed by atoms with Crippen molar-refractivity contribution in [3.8, 4) is 16.2 Å². The average Bonchev–Trinajstić information content (AvgIpc) is 3.42. The maximum Gasteiger partial charge on any atom is 0.410 e. The number of nitrogens with two attached hydrogens (primary N) is 1. The number of anilines is 1. The van der Waals surface area contributed by atoms with Gasteiger partial charge >= 0.3 is 6.09 Å². The molecule has 1 amide bonds. The van der Waals surface area contributed by atoms with Crippen LogP contribution in [0.15, 0.2) is 24.5 Å². The number of carbonyl (C=O) groups is 1. The highest BCUT2D eigenvalue weighted by atomic mass is 32.1.